The Labute approximate surface area is 178 Å². The minimum atomic E-state index is -0.323. The lowest BCUT2D eigenvalue weighted by Crippen LogP contribution is -2.48. The maximum Gasteiger partial charge on any atom is 0.170 e. The van der Waals surface area contributed by atoms with Gasteiger partial charge in [0.25, 0.3) is 0 Å². The molecule has 0 radical (unpaired) electrons. The van der Waals surface area contributed by atoms with Crippen LogP contribution in [0.5, 0.6) is 5.75 Å². The van der Waals surface area contributed by atoms with Gasteiger partial charge < -0.3 is 14.4 Å². The molecule has 2 aliphatic heterocycles. The largest absolute Gasteiger partial charge is 0.497 e. The summed E-state index contributed by atoms with van der Waals surface area (Å²) in [5, 5.41) is 0. The van der Waals surface area contributed by atoms with E-state index in [0.717, 1.165) is 50.2 Å². The number of piperidine rings is 1. The number of carbonyl (C=O) groups is 1. The number of methoxy groups -OCH3 is 1. The molecule has 0 atom stereocenters. The van der Waals surface area contributed by atoms with E-state index in [0.29, 0.717) is 12.0 Å². The van der Waals surface area contributed by atoms with Gasteiger partial charge >= 0.3 is 0 Å². The van der Waals surface area contributed by atoms with Gasteiger partial charge in [0.05, 0.1) is 25.4 Å². The molecule has 2 aromatic carbocycles. The fraction of sp³-hybridized carbons (Fsp3) is 0.375. The van der Waals surface area contributed by atoms with Gasteiger partial charge in [-0.15, -0.1) is 12.4 Å². The van der Waals surface area contributed by atoms with Gasteiger partial charge in [0.1, 0.15) is 11.4 Å². The summed E-state index contributed by atoms with van der Waals surface area (Å²) in [6, 6.07) is 18.2. The molecule has 5 heteroatoms. The standard InChI is InChI=1S/C24H27NO3.ClH/c1-27-21-9-7-20(8-10-21)22-18-28-24(17-23(22)26)12-15-25(16-13-24)14-11-19-5-3-2-4-6-19;/h2-10,18H,11-17H2,1H3;1H. The third kappa shape index (κ3) is 5.01. The van der Waals surface area contributed by atoms with E-state index in [1.165, 1.54) is 5.56 Å². The lowest BCUT2D eigenvalue weighted by Gasteiger charge is -2.42. The Morgan fingerprint density at radius 2 is 1.72 bits per heavy atom. The van der Waals surface area contributed by atoms with Crippen LogP contribution in [0.4, 0.5) is 0 Å². The third-order valence-corrected chi connectivity index (χ3v) is 5.94. The Morgan fingerprint density at radius 1 is 1.03 bits per heavy atom. The van der Waals surface area contributed by atoms with Crippen LogP contribution in [-0.4, -0.2) is 43.0 Å². The maximum atomic E-state index is 12.8. The molecule has 0 unspecified atom stereocenters. The highest BCUT2D eigenvalue weighted by Gasteiger charge is 2.41. The van der Waals surface area contributed by atoms with Crippen LogP contribution in [-0.2, 0) is 16.0 Å². The predicted molar refractivity (Wildman–Crippen MR) is 117 cm³/mol. The van der Waals surface area contributed by atoms with Crippen molar-refractivity contribution in [3.05, 3.63) is 72.0 Å². The van der Waals surface area contributed by atoms with Gasteiger partial charge in [-0.05, 0) is 29.7 Å². The summed E-state index contributed by atoms with van der Waals surface area (Å²) < 4.78 is 11.4. The van der Waals surface area contributed by atoms with Crippen LogP contribution >= 0.6 is 12.4 Å². The van der Waals surface area contributed by atoms with Crippen LogP contribution in [0.2, 0.25) is 0 Å². The van der Waals surface area contributed by atoms with Gasteiger partial charge in [0.2, 0.25) is 0 Å². The average Bonchev–Trinajstić information content (AvgIpc) is 2.74. The van der Waals surface area contributed by atoms with Gasteiger partial charge in [0.15, 0.2) is 5.78 Å². The van der Waals surface area contributed by atoms with Crippen molar-refractivity contribution in [2.24, 2.45) is 0 Å². The number of nitrogens with zero attached hydrogens (tertiary/aromatic N) is 1. The second-order valence-corrected chi connectivity index (χ2v) is 7.74. The summed E-state index contributed by atoms with van der Waals surface area (Å²) in [7, 11) is 1.64. The van der Waals surface area contributed by atoms with Gasteiger partial charge in [0, 0.05) is 32.5 Å². The molecule has 154 valence electrons. The molecule has 29 heavy (non-hydrogen) atoms. The summed E-state index contributed by atoms with van der Waals surface area (Å²) in [4.78, 5) is 15.3. The quantitative estimate of drug-likeness (QED) is 0.722. The maximum absolute atomic E-state index is 12.8. The van der Waals surface area contributed by atoms with Crippen molar-refractivity contribution in [2.75, 3.05) is 26.7 Å². The average molecular weight is 414 g/mol. The van der Waals surface area contributed by atoms with Crippen molar-refractivity contribution in [1.29, 1.82) is 0 Å². The van der Waals surface area contributed by atoms with E-state index in [1.807, 2.05) is 24.3 Å². The second kappa shape index (κ2) is 9.47. The Kier molecular flexibility index (Phi) is 6.99. The Morgan fingerprint density at radius 3 is 2.34 bits per heavy atom. The van der Waals surface area contributed by atoms with Crippen LogP contribution in [0.1, 0.15) is 30.4 Å². The molecule has 0 saturated carbocycles. The van der Waals surface area contributed by atoms with Crippen molar-refractivity contribution < 1.29 is 14.3 Å². The molecule has 2 heterocycles. The van der Waals surface area contributed by atoms with Crippen molar-refractivity contribution >= 4 is 23.8 Å². The summed E-state index contributed by atoms with van der Waals surface area (Å²) in [5.74, 6) is 0.960. The number of benzene rings is 2. The summed E-state index contributed by atoms with van der Waals surface area (Å²) in [5.41, 5.74) is 2.61. The van der Waals surface area contributed by atoms with Crippen LogP contribution < -0.4 is 4.74 Å². The number of carbonyl (C=O) groups excluding carboxylic acids is 1. The Bertz CT molecular complexity index is 840. The number of halogens is 1. The highest BCUT2D eigenvalue weighted by Crippen LogP contribution is 2.37. The molecule has 4 rings (SSSR count). The number of likely N-dealkylation sites (tertiary alicyclic amines) is 1. The number of Topliss-reactive ketones (excluding diaryl/α,β-unsaturated/α-hetero) is 1. The normalized spacial score (nSPS) is 18.5. The van der Waals surface area contributed by atoms with E-state index in [1.54, 1.807) is 13.4 Å². The van der Waals surface area contributed by atoms with Crippen LogP contribution in [0, 0.1) is 0 Å². The van der Waals surface area contributed by atoms with Gasteiger partial charge in [-0.2, -0.15) is 0 Å². The molecule has 1 saturated heterocycles. The number of rotatable bonds is 5. The first-order valence-electron chi connectivity index (χ1n) is 9.99. The lowest BCUT2D eigenvalue weighted by atomic mass is 9.82. The molecule has 0 bridgehead atoms. The van der Waals surface area contributed by atoms with Crippen molar-refractivity contribution in [2.45, 2.75) is 31.3 Å². The van der Waals surface area contributed by atoms with Crippen LogP contribution in [0.3, 0.4) is 0 Å². The lowest BCUT2D eigenvalue weighted by molar-refractivity contribution is -0.124. The van der Waals surface area contributed by atoms with Crippen LogP contribution in [0.25, 0.3) is 5.57 Å². The number of ether oxygens (including phenoxy) is 2. The zero-order valence-corrected chi connectivity index (χ0v) is 17.6. The number of hydrogen-bond acceptors (Lipinski definition) is 4. The first-order chi connectivity index (χ1) is 13.7. The van der Waals surface area contributed by atoms with E-state index < -0.39 is 0 Å². The molecule has 0 N–H and O–H groups in total. The smallest absolute Gasteiger partial charge is 0.170 e. The second-order valence-electron chi connectivity index (χ2n) is 7.74. The predicted octanol–water partition coefficient (Wildman–Crippen LogP) is 4.52. The molecule has 0 aliphatic carbocycles. The molecular formula is C24H28ClNO3. The molecule has 1 fully saturated rings. The SMILES string of the molecule is COc1ccc(C2=COC3(CCN(CCc4ccccc4)CC3)CC2=O)cc1.Cl. The zero-order chi connectivity index (χ0) is 19.4. The molecule has 2 aliphatic rings. The van der Waals surface area contributed by atoms with Gasteiger partial charge in [-0.1, -0.05) is 42.5 Å². The molecule has 2 aromatic rings. The van der Waals surface area contributed by atoms with E-state index >= 15 is 0 Å². The zero-order valence-electron chi connectivity index (χ0n) is 16.8. The van der Waals surface area contributed by atoms with Gasteiger partial charge in [-0.25, -0.2) is 0 Å². The first kappa shape index (κ1) is 21.4. The molecule has 4 nitrogen and oxygen atoms in total. The van der Waals surface area contributed by atoms with E-state index in [-0.39, 0.29) is 23.8 Å². The van der Waals surface area contributed by atoms with Crippen LogP contribution in [0.15, 0.2) is 60.9 Å². The Hall–Kier alpha value is -2.30. The summed E-state index contributed by atoms with van der Waals surface area (Å²) >= 11 is 0. The minimum Gasteiger partial charge on any atom is -0.497 e. The highest BCUT2D eigenvalue weighted by atomic mass is 35.5. The number of allylic oxidation sites excluding steroid dienone is 1. The van der Waals surface area contributed by atoms with E-state index in [2.05, 4.69) is 35.2 Å². The summed E-state index contributed by atoms with van der Waals surface area (Å²) in [6.45, 7) is 3.01. The fourth-order valence-electron chi connectivity index (χ4n) is 4.09. The fourth-order valence-corrected chi connectivity index (χ4v) is 4.09. The van der Waals surface area contributed by atoms with Crippen molar-refractivity contribution in [1.82, 2.24) is 4.90 Å². The van der Waals surface area contributed by atoms with E-state index in [4.69, 9.17) is 9.47 Å². The molecule has 1 spiro atoms. The molecule has 0 amide bonds. The third-order valence-electron chi connectivity index (χ3n) is 5.94. The Balaban J connectivity index is 0.00000240. The van der Waals surface area contributed by atoms with E-state index in [9.17, 15) is 4.79 Å². The minimum absolute atomic E-state index is 0. The first-order valence-corrected chi connectivity index (χ1v) is 9.99. The highest BCUT2D eigenvalue weighted by molar-refractivity contribution is 6.21. The van der Waals surface area contributed by atoms with Crippen molar-refractivity contribution in [3.63, 3.8) is 0 Å². The summed E-state index contributed by atoms with van der Waals surface area (Å²) in [6.07, 6.45) is 5.03. The topological polar surface area (TPSA) is 38.8 Å². The number of hydrogen-bond donors (Lipinski definition) is 0. The number of ketones is 1. The monoisotopic (exact) mass is 413 g/mol. The van der Waals surface area contributed by atoms with Crippen molar-refractivity contribution in [3.8, 4) is 5.75 Å². The molecular weight excluding hydrogens is 386 g/mol. The molecule has 0 aromatic heterocycles. The van der Waals surface area contributed by atoms with Gasteiger partial charge in [-0.3, -0.25) is 4.79 Å².